The summed E-state index contributed by atoms with van der Waals surface area (Å²) >= 11 is 0. The SMILES string of the molecule is CCOCCc1nn(-c2ccc(C(=O)O)cc2)c2c1CCCCN2. The molecule has 0 fully saturated rings. The molecule has 0 amide bonds. The summed E-state index contributed by atoms with van der Waals surface area (Å²) in [7, 11) is 0. The summed E-state index contributed by atoms with van der Waals surface area (Å²) in [6.45, 7) is 4.29. The predicted octanol–water partition coefficient (Wildman–Crippen LogP) is 2.90. The second-order valence-electron chi connectivity index (χ2n) is 5.87. The number of nitrogens with one attached hydrogen (secondary N) is 1. The van der Waals surface area contributed by atoms with Crippen LogP contribution in [-0.2, 0) is 17.6 Å². The van der Waals surface area contributed by atoms with Crippen LogP contribution in [0, 0.1) is 0 Å². The normalized spacial score (nSPS) is 13.9. The van der Waals surface area contributed by atoms with Crippen LogP contribution in [0.2, 0.25) is 0 Å². The van der Waals surface area contributed by atoms with Crippen LogP contribution in [0.4, 0.5) is 5.82 Å². The topological polar surface area (TPSA) is 76.4 Å². The Morgan fingerprint density at radius 3 is 2.83 bits per heavy atom. The summed E-state index contributed by atoms with van der Waals surface area (Å²) in [5.41, 5.74) is 3.47. The lowest BCUT2D eigenvalue weighted by molar-refractivity contribution is 0.0697. The first kappa shape index (κ1) is 16.5. The number of aromatic carboxylic acids is 1. The van der Waals surface area contributed by atoms with Gasteiger partial charge in [0.05, 0.1) is 23.6 Å². The zero-order valence-corrected chi connectivity index (χ0v) is 13.9. The van der Waals surface area contributed by atoms with Crippen molar-refractivity contribution in [2.24, 2.45) is 0 Å². The Balaban J connectivity index is 1.95. The minimum atomic E-state index is -0.920. The van der Waals surface area contributed by atoms with Crippen LogP contribution in [0.3, 0.4) is 0 Å². The summed E-state index contributed by atoms with van der Waals surface area (Å²) in [6.07, 6.45) is 4.08. The first-order chi connectivity index (χ1) is 11.7. The molecular formula is C18H23N3O3. The zero-order valence-electron chi connectivity index (χ0n) is 13.9. The van der Waals surface area contributed by atoms with Gasteiger partial charge in [-0.2, -0.15) is 5.10 Å². The minimum absolute atomic E-state index is 0.279. The second-order valence-corrected chi connectivity index (χ2v) is 5.87. The van der Waals surface area contributed by atoms with E-state index in [9.17, 15) is 4.79 Å². The van der Waals surface area contributed by atoms with Crippen LogP contribution < -0.4 is 5.32 Å². The molecule has 128 valence electrons. The van der Waals surface area contributed by atoms with E-state index in [1.54, 1.807) is 24.3 Å². The summed E-state index contributed by atoms with van der Waals surface area (Å²) < 4.78 is 7.38. The lowest BCUT2D eigenvalue weighted by Gasteiger charge is -2.09. The number of hydrogen-bond acceptors (Lipinski definition) is 4. The van der Waals surface area contributed by atoms with Gasteiger partial charge in [-0.05, 0) is 50.5 Å². The number of rotatable bonds is 6. The van der Waals surface area contributed by atoms with Crippen LogP contribution in [-0.4, -0.2) is 40.6 Å². The van der Waals surface area contributed by atoms with Gasteiger partial charge in [0.2, 0.25) is 0 Å². The quantitative estimate of drug-likeness (QED) is 0.797. The summed E-state index contributed by atoms with van der Waals surface area (Å²) in [4.78, 5) is 11.0. The molecule has 0 spiro atoms. The van der Waals surface area contributed by atoms with Crippen molar-refractivity contribution in [3.8, 4) is 5.69 Å². The fourth-order valence-electron chi connectivity index (χ4n) is 3.02. The molecule has 0 saturated carbocycles. The van der Waals surface area contributed by atoms with Crippen molar-refractivity contribution in [2.45, 2.75) is 32.6 Å². The Labute approximate surface area is 141 Å². The van der Waals surface area contributed by atoms with Gasteiger partial charge in [-0.15, -0.1) is 0 Å². The molecule has 1 aliphatic rings. The molecule has 2 heterocycles. The van der Waals surface area contributed by atoms with Gasteiger partial charge in [-0.3, -0.25) is 0 Å². The molecule has 6 heteroatoms. The highest BCUT2D eigenvalue weighted by Gasteiger charge is 2.20. The summed E-state index contributed by atoms with van der Waals surface area (Å²) in [5.74, 6) is 0.110. The molecule has 1 aromatic carbocycles. The lowest BCUT2D eigenvalue weighted by Crippen LogP contribution is -2.07. The molecule has 0 bridgehead atoms. The van der Waals surface area contributed by atoms with Gasteiger partial charge >= 0.3 is 5.97 Å². The van der Waals surface area contributed by atoms with Crippen LogP contribution in [0.25, 0.3) is 5.69 Å². The third-order valence-electron chi connectivity index (χ3n) is 4.26. The third kappa shape index (κ3) is 3.43. The highest BCUT2D eigenvalue weighted by molar-refractivity contribution is 5.87. The van der Waals surface area contributed by atoms with Crippen molar-refractivity contribution in [1.82, 2.24) is 9.78 Å². The van der Waals surface area contributed by atoms with Crippen LogP contribution in [0.1, 0.15) is 41.4 Å². The Kier molecular flexibility index (Phi) is 5.15. The maximum atomic E-state index is 11.0. The number of fused-ring (bicyclic) bond motifs is 1. The molecule has 0 saturated heterocycles. The molecule has 0 unspecified atom stereocenters. The van der Waals surface area contributed by atoms with Gasteiger partial charge in [0, 0.05) is 25.1 Å². The zero-order chi connectivity index (χ0) is 16.9. The monoisotopic (exact) mass is 329 g/mol. The smallest absolute Gasteiger partial charge is 0.335 e. The van der Waals surface area contributed by atoms with Crippen LogP contribution >= 0.6 is 0 Å². The molecule has 0 radical (unpaired) electrons. The van der Waals surface area contributed by atoms with Gasteiger partial charge < -0.3 is 15.2 Å². The molecule has 1 aliphatic heterocycles. The number of aromatic nitrogens is 2. The largest absolute Gasteiger partial charge is 0.478 e. The van der Waals surface area contributed by atoms with Crippen molar-refractivity contribution in [2.75, 3.05) is 25.1 Å². The van der Waals surface area contributed by atoms with Gasteiger partial charge in [0.15, 0.2) is 0 Å². The maximum Gasteiger partial charge on any atom is 0.335 e. The Bertz CT molecular complexity index is 707. The number of carboxylic acids is 1. The van der Waals surface area contributed by atoms with E-state index in [2.05, 4.69) is 5.32 Å². The molecule has 24 heavy (non-hydrogen) atoms. The first-order valence-corrected chi connectivity index (χ1v) is 8.47. The number of nitrogens with zero attached hydrogens (tertiary/aromatic N) is 2. The fraction of sp³-hybridized carbons (Fsp3) is 0.444. The molecule has 0 atom stereocenters. The molecule has 2 N–H and O–H groups in total. The number of benzene rings is 1. The van der Waals surface area contributed by atoms with E-state index >= 15 is 0 Å². The predicted molar refractivity (Wildman–Crippen MR) is 92.1 cm³/mol. The maximum absolute atomic E-state index is 11.0. The average Bonchev–Trinajstić information content (AvgIpc) is 2.77. The fourth-order valence-corrected chi connectivity index (χ4v) is 3.02. The molecule has 0 aliphatic carbocycles. The van der Waals surface area contributed by atoms with E-state index in [1.165, 1.54) is 5.56 Å². The molecule has 1 aromatic heterocycles. The average molecular weight is 329 g/mol. The van der Waals surface area contributed by atoms with Gasteiger partial charge in [-0.1, -0.05) is 0 Å². The van der Waals surface area contributed by atoms with Crippen molar-refractivity contribution in [3.63, 3.8) is 0 Å². The lowest BCUT2D eigenvalue weighted by atomic mass is 10.1. The van der Waals surface area contributed by atoms with Crippen molar-refractivity contribution in [3.05, 3.63) is 41.1 Å². The number of anilines is 1. The van der Waals surface area contributed by atoms with Crippen LogP contribution in [0.15, 0.2) is 24.3 Å². The molecule has 2 aromatic rings. The number of hydrogen-bond donors (Lipinski definition) is 2. The second kappa shape index (κ2) is 7.49. The van der Waals surface area contributed by atoms with Crippen LogP contribution in [0.5, 0.6) is 0 Å². The number of ether oxygens (including phenoxy) is 1. The summed E-state index contributed by atoms with van der Waals surface area (Å²) in [5, 5.41) is 17.3. The van der Waals surface area contributed by atoms with Gasteiger partial charge in [-0.25, -0.2) is 9.48 Å². The van der Waals surface area contributed by atoms with E-state index in [4.69, 9.17) is 14.9 Å². The van der Waals surface area contributed by atoms with E-state index in [0.717, 1.165) is 49.4 Å². The third-order valence-corrected chi connectivity index (χ3v) is 4.26. The molecule has 3 rings (SSSR count). The van der Waals surface area contributed by atoms with Crippen molar-refractivity contribution < 1.29 is 14.6 Å². The van der Waals surface area contributed by atoms with Gasteiger partial charge in [0.1, 0.15) is 5.82 Å². The Hall–Kier alpha value is -2.34. The first-order valence-electron chi connectivity index (χ1n) is 8.47. The number of carboxylic acid groups (broad SMARTS) is 1. The Morgan fingerprint density at radius 2 is 2.12 bits per heavy atom. The van der Waals surface area contributed by atoms with Gasteiger partial charge in [0.25, 0.3) is 0 Å². The summed E-state index contributed by atoms with van der Waals surface area (Å²) in [6, 6.07) is 6.83. The molecule has 6 nitrogen and oxygen atoms in total. The van der Waals surface area contributed by atoms with Crippen molar-refractivity contribution in [1.29, 1.82) is 0 Å². The standard InChI is InChI=1S/C18H23N3O3/c1-2-24-12-10-16-15-5-3-4-11-19-17(15)21(20-16)14-8-6-13(7-9-14)18(22)23/h6-9,19H,2-5,10-12H2,1H3,(H,22,23). The van der Waals surface area contributed by atoms with E-state index < -0.39 is 5.97 Å². The molecular weight excluding hydrogens is 306 g/mol. The van der Waals surface area contributed by atoms with E-state index in [1.807, 2.05) is 11.6 Å². The van der Waals surface area contributed by atoms with E-state index in [0.29, 0.717) is 13.2 Å². The minimum Gasteiger partial charge on any atom is -0.478 e. The van der Waals surface area contributed by atoms with Crippen molar-refractivity contribution >= 4 is 11.8 Å². The Morgan fingerprint density at radius 1 is 1.33 bits per heavy atom. The number of carbonyl (C=O) groups is 1. The van der Waals surface area contributed by atoms with E-state index in [-0.39, 0.29) is 5.56 Å². The highest BCUT2D eigenvalue weighted by atomic mass is 16.5. The highest BCUT2D eigenvalue weighted by Crippen LogP contribution is 2.28.